The first-order valence-corrected chi connectivity index (χ1v) is 9.10. The van der Waals surface area contributed by atoms with Crippen LogP contribution in [0.3, 0.4) is 0 Å². The summed E-state index contributed by atoms with van der Waals surface area (Å²) in [5.41, 5.74) is 0.700. The predicted molar refractivity (Wildman–Crippen MR) is 102 cm³/mol. The summed E-state index contributed by atoms with van der Waals surface area (Å²) in [4.78, 5) is 37.7. The van der Waals surface area contributed by atoms with Crippen molar-refractivity contribution < 1.29 is 0 Å². The summed E-state index contributed by atoms with van der Waals surface area (Å²) in [7, 11) is 1.78. The molecule has 0 aliphatic carbocycles. The Balaban J connectivity index is 2.22. The van der Waals surface area contributed by atoms with E-state index >= 15 is 0 Å². The van der Waals surface area contributed by atoms with Crippen LogP contribution in [-0.2, 0) is 7.05 Å². The van der Waals surface area contributed by atoms with Crippen LogP contribution in [0, 0.1) is 6.92 Å². The van der Waals surface area contributed by atoms with Gasteiger partial charge in [-0.2, -0.15) is 0 Å². The Kier molecular flexibility index (Phi) is 4.56. The number of para-hydroxylation sites is 1. The molecule has 25 heavy (non-hydrogen) atoms. The second-order valence-corrected chi connectivity index (χ2v) is 7.58. The molecule has 0 spiro atoms. The zero-order valence-corrected chi connectivity index (χ0v) is 15.5. The Labute approximate surface area is 149 Å². The first kappa shape index (κ1) is 17.5. The van der Waals surface area contributed by atoms with E-state index in [4.69, 9.17) is 0 Å². The lowest BCUT2D eigenvalue weighted by atomic mass is 10.0. The first-order chi connectivity index (χ1) is 11.9. The third-order valence-electron chi connectivity index (χ3n) is 4.56. The minimum Gasteiger partial charge on any atom is -0.285 e. The third kappa shape index (κ3) is 2.70. The van der Waals surface area contributed by atoms with Crippen molar-refractivity contribution in [3.8, 4) is 16.8 Å². The van der Waals surface area contributed by atoms with Crippen LogP contribution in [-0.4, -0.2) is 14.6 Å². The molecule has 1 aromatic heterocycles. The van der Waals surface area contributed by atoms with E-state index in [-0.39, 0.29) is 16.4 Å². The lowest BCUT2D eigenvalue weighted by Gasteiger charge is -2.13. The van der Waals surface area contributed by atoms with E-state index in [1.165, 1.54) is 16.4 Å². The van der Waals surface area contributed by atoms with E-state index in [0.29, 0.717) is 16.2 Å². The van der Waals surface area contributed by atoms with Crippen LogP contribution < -0.4 is 16.4 Å². The zero-order chi connectivity index (χ0) is 18.3. The maximum Gasteiger partial charge on any atom is 0.279 e. The van der Waals surface area contributed by atoms with Gasteiger partial charge in [0.1, 0.15) is 0 Å². The van der Waals surface area contributed by atoms with Crippen molar-refractivity contribution in [3.05, 3.63) is 66.8 Å². The van der Waals surface area contributed by atoms with Gasteiger partial charge >= 0.3 is 0 Å². The van der Waals surface area contributed by atoms with Crippen molar-refractivity contribution in [2.24, 2.45) is 7.05 Å². The van der Waals surface area contributed by atoms with Crippen molar-refractivity contribution in [1.29, 1.82) is 0 Å². The van der Waals surface area contributed by atoms with E-state index < -0.39 is 10.9 Å². The second-order valence-electron chi connectivity index (χ2n) is 6.14. The molecule has 0 N–H and O–H groups in total. The number of benzene rings is 1. The average Bonchev–Trinajstić information content (AvgIpc) is 2.84. The SMILES string of the molecule is CCC(C)Sc1c(-c2c(C)n(C)n(-c3ccccc3)c2=O)c(=O)c1=O. The smallest absolute Gasteiger partial charge is 0.279 e. The van der Waals surface area contributed by atoms with Crippen LogP contribution in [0.1, 0.15) is 26.0 Å². The summed E-state index contributed by atoms with van der Waals surface area (Å²) in [6, 6.07) is 9.25. The molecule has 3 rings (SSSR count). The number of hydrogen-bond donors (Lipinski definition) is 0. The Hall–Kier alpha value is -2.34. The van der Waals surface area contributed by atoms with Crippen LogP contribution in [0.2, 0.25) is 0 Å². The summed E-state index contributed by atoms with van der Waals surface area (Å²) >= 11 is 1.38. The molecule has 0 fully saturated rings. The van der Waals surface area contributed by atoms with Gasteiger partial charge in [0.05, 0.1) is 21.7 Å². The Morgan fingerprint density at radius 3 is 2.28 bits per heavy atom. The molecule has 5 nitrogen and oxygen atoms in total. The molecule has 6 heteroatoms. The highest BCUT2D eigenvalue weighted by atomic mass is 32.2. The van der Waals surface area contributed by atoms with Crippen molar-refractivity contribution in [2.75, 3.05) is 0 Å². The van der Waals surface area contributed by atoms with Gasteiger partial charge in [-0.1, -0.05) is 32.0 Å². The standard InChI is InChI=1S/C19H20N2O3S/c1-5-11(2)25-18-15(16(22)17(18)23)14-12(3)20(4)21(19(14)24)13-9-7-6-8-10-13/h6-11H,5H2,1-4H3. The van der Waals surface area contributed by atoms with Gasteiger partial charge in [0.2, 0.25) is 10.9 Å². The molecular formula is C19H20N2O3S. The number of nitrogens with zero attached hydrogens (tertiary/aromatic N) is 2. The molecule has 1 unspecified atom stereocenters. The van der Waals surface area contributed by atoms with Gasteiger partial charge < -0.3 is 0 Å². The van der Waals surface area contributed by atoms with Crippen LogP contribution in [0.25, 0.3) is 16.8 Å². The minimum absolute atomic E-state index is 0.211. The highest BCUT2D eigenvalue weighted by Crippen LogP contribution is 2.32. The van der Waals surface area contributed by atoms with Gasteiger partial charge in [-0.05, 0) is 25.5 Å². The van der Waals surface area contributed by atoms with Gasteiger partial charge in [-0.3, -0.25) is 19.1 Å². The van der Waals surface area contributed by atoms with Crippen LogP contribution in [0.15, 0.2) is 49.6 Å². The molecule has 130 valence electrons. The molecule has 0 amide bonds. The maximum absolute atomic E-state index is 13.0. The van der Waals surface area contributed by atoms with Crippen LogP contribution >= 0.6 is 11.8 Å². The van der Waals surface area contributed by atoms with Crippen molar-refractivity contribution in [2.45, 2.75) is 37.3 Å². The van der Waals surface area contributed by atoms with Crippen molar-refractivity contribution >= 4 is 11.8 Å². The second kappa shape index (κ2) is 6.52. The average molecular weight is 356 g/mol. The molecule has 0 radical (unpaired) electrons. The molecule has 0 aliphatic heterocycles. The van der Waals surface area contributed by atoms with Crippen LogP contribution in [0.5, 0.6) is 0 Å². The topological polar surface area (TPSA) is 61.1 Å². The highest BCUT2D eigenvalue weighted by Gasteiger charge is 2.30. The highest BCUT2D eigenvalue weighted by molar-refractivity contribution is 8.00. The Morgan fingerprint density at radius 1 is 1.04 bits per heavy atom. The monoisotopic (exact) mass is 356 g/mol. The molecule has 3 aromatic rings. The fourth-order valence-corrected chi connectivity index (χ4v) is 3.93. The predicted octanol–water partition coefficient (Wildman–Crippen LogP) is 2.64. The van der Waals surface area contributed by atoms with E-state index in [2.05, 4.69) is 0 Å². The number of rotatable bonds is 5. The molecule has 1 heterocycles. The van der Waals surface area contributed by atoms with Gasteiger partial charge in [0.15, 0.2) is 0 Å². The molecule has 1 atom stereocenters. The largest absolute Gasteiger partial charge is 0.285 e. The van der Waals surface area contributed by atoms with Gasteiger partial charge in [-0.15, -0.1) is 11.8 Å². The molecule has 0 saturated heterocycles. The minimum atomic E-state index is -0.559. The maximum atomic E-state index is 13.0. The van der Waals surface area contributed by atoms with Gasteiger partial charge in [0, 0.05) is 18.0 Å². The number of aromatic nitrogens is 2. The van der Waals surface area contributed by atoms with Crippen molar-refractivity contribution in [1.82, 2.24) is 9.36 Å². The summed E-state index contributed by atoms with van der Waals surface area (Å²) in [6.07, 6.45) is 0.880. The number of hydrogen-bond acceptors (Lipinski definition) is 4. The van der Waals surface area contributed by atoms with E-state index in [0.717, 1.165) is 12.1 Å². The molecular weight excluding hydrogens is 336 g/mol. The lowest BCUT2D eigenvalue weighted by molar-refractivity contribution is 0.630. The van der Waals surface area contributed by atoms with Gasteiger partial charge in [-0.25, -0.2) is 4.68 Å². The Bertz CT molecular complexity index is 1050. The van der Waals surface area contributed by atoms with E-state index in [9.17, 15) is 14.4 Å². The summed E-state index contributed by atoms with van der Waals surface area (Å²) in [5, 5.41) is 0.211. The third-order valence-corrected chi connectivity index (χ3v) is 5.93. The van der Waals surface area contributed by atoms with E-state index in [1.807, 2.05) is 44.2 Å². The summed E-state index contributed by atoms with van der Waals surface area (Å²) in [5.74, 6) is 0. The first-order valence-electron chi connectivity index (χ1n) is 8.22. The number of thioether (sulfide) groups is 1. The fraction of sp³-hybridized carbons (Fsp3) is 0.316. The summed E-state index contributed by atoms with van der Waals surface area (Å²) < 4.78 is 3.25. The molecule has 0 aliphatic rings. The fourth-order valence-electron chi connectivity index (χ4n) is 2.85. The quantitative estimate of drug-likeness (QED) is 0.521. The summed E-state index contributed by atoms with van der Waals surface area (Å²) in [6.45, 7) is 5.83. The normalized spacial score (nSPS) is 12.6. The van der Waals surface area contributed by atoms with E-state index in [1.54, 1.807) is 18.7 Å². The molecule has 0 bridgehead atoms. The lowest BCUT2D eigenvalue weighted by Crippen LogP contribution is -2.37. The van der Waals surface area contributed by atoms with Crippen molar-refractivity contribution in [3.63, 3.8) is 0 Å². The van der Waals surface area contributed by atoms with Gasteiger partial charge in [0.25, 0.3) is 5.56 Å². The molecule has 0 saturated carbocycles. The van der Waals surface area contributed by atoms with Crippen LogP contribution in [0.4, 0.5) is 0 Å². The Morgan fingerprint density at radius 2 is 1.68 bits per heavy atom. The molecule has 2 aromatic carbocycles. The zero-order valence-electron chi connectivity index (χ0n) is 14.7.